The molecule has 184 valence electrons. The summed E-state index contributed by atoms with van der Waals surface area (Å²) in [5, 5.41) is 23.3. The number of nitrogens with zero attached hydrogens (tertiary/aromatic N) is 3. The number of thiophene rings is 1. The van der Waals surface area contributed by atoms with E-state index < -0.39 is 0 Å². The second kappa shape index (κ2) is 11.0. The molecule has 4 aromatic rings. The fourth-order valence-electron chi connectivity index (χ4n) is 4.35. The summed E-state index contributed by atoms with van der Waals surface area (Å²) in [5.74, 6) is 2.03. The maximum atomic E-state index is 13.3. The molecule has 2 aromatic heterocycles. The Morgan fingerprint density at radius 1 is 1.22 bits per heavy atom. The van der Waals surface area contributed by atoms with Gasteiger partial charge in [0.1, 0.15) is 17.9 Å². The Bertz CT molecular complexity index is 1350. The van der Waals surface area contributed by atoms with Crippen LogP contribution in [-0.4, -0.2) is 39.1 Å². The van der Waals surface area contributed by atoms with Crippen LogP contribution in [0.15, 0.2) is 70.3 Å². The molecule has 0 bridgehead atoms. The number of nitrogens with one attached hydrogen (secondary N) is 2. The Hall–Kier alpha value is -3.63. The minimum absolute atomic E-state index is 0.0803. The normalized spacial score (nSPS) is 16.0. The van der Waals surface area contributed by atoms with E-state index in [0.717, 1.165) is 32.4 Å². The van der Waals surface area contributed by atoms with E-state index in [9.17, 15) is 10.0 Å². The molecule has 0 saturated carbocycles. The number of benzene rings is 2. The van der Waals surface area contributed by atoms with Gasteiger partial charge in [-0.3, -0.25) is 9.89 Å². The highest BCUT2D eigenvalue weighted by atomic mass is 32.2. The third kappa shape index (κ3) is 5.14. The van der Waals surface area contributed by atoms with Crippen molar-refractivity contribution in [1.82, 2.24) is 20.5 Å². The van der Waals surface area contributed by atoms with Gasteiger partial charge < -0.3 is 15.3 Å². The van der Waals surface area contributed by atoms with Crippen LogP contribution in [-0.2, 0) is 18.7 Å². The van der Waals surface area contributed by atoms with Crippen LogP contribution < -0.4 is 10.1 Å². The number of thioether (sulfide) groups is 1. The van der Waals surface area contributed by atoms with Gasteiger partial charge in [-0.25, -0.2) is 4.98 Å². The summed E-state index contributed by atoms with van der Waals surface area (Å²) >= 11 is 3.12. The van der Waals surface area contributed by atoms with Gasteiger partial charge in [-0.05, 0) is 41.2 Å². The zero-order valence-corrected chi connectivity index (χ0v) is 21.2. The molecule has 0 saturated heterocycles. The van der Waals surface area contributed by atoms with Crippen molar-refractivity contribution < 1.29 is 14.7 Å². The molecule has 8 nitrogen and oxygen atoms in total. The van der Waals surface area contributed by atoms with Crippen molar-refractivity contribution in [2.24, 2.45) is 5.16 Å². The van der Waals surface area contributed by atoms with Gasteiger partial charge in [0.25, 0.3) is 5.91 Å². The van der Waals surface area contributed by atoms with Crippen LogP contribution in [0.25, 0.3) is 0 Å². The average Bonchev–Trinajstić information content (AvgIpc) is 3.59. The highest BCUT2D eigenvalue weighted by Gasteiger charge is 2.34. The summed E-state index contributed by atoms with van der Waals surface area (Å²) in [7, 11) is 1.64. The van der Waals surface area contributed by atoms with E-state index in [0.29, 0.717) is 29.3 Å². The SMILES string of the molecule is COc1ccc(C2C/C(=N\O)c3c(SCc4ccccc4)sc(C(=O)NCc4ncn[nH]4)c3C2)cc1. The number of fused-ring (bicyclic) bond motifs is 1. The van der Waals surface area contributed by atoms with Gasteiger partial charge in [0.15, 0.2) is 0 Å². The standard InChI is InChI=1S/C26H25N5O3S2/c1-34-19-9-7-17(8-10-19)18-11-20-23(21(12-18)31-33)26(35-14-16-5-3-2-4-6-16)36-24(20)25(32)27-13-22-28-15-29-30-22/h2-10,15,18,33H,11-14H2,1H3,(H,27,32)(H,28,29,30)/b31-21+. The van der Waals surface area contributed by atoms with Crippen molar-refractivity contribution >= 4 is 34.7 Å². The van der Waals surface area contributed by atoms with Crippen LogP contribution in [0.4, 0.5) is 0 Å². The first-order chi connectivity index (χ1) is 17.7. The van der Waals surface area contributed by atoms with Crippen LogP contribution in [0.2, 0.25) is 0 Å². The summed E-state index contributed by atoms with van der Waals surface area (Å²) < 4.78 is 6.29. The highest BCUT2D eigenvalue weighted by molar-refractivity contribution is 8.00. The van der Waals surface area contributed by atoms with E-state index in [2.05, 4.69) is 37.8 Å². The number of methoxy groups -OCH3 is 1. The zero-order chi connectivity index (χ0) is 24.9. The van der Waals surface area contributed by atoms with Gasteiger partial charge in [-0.15, -0.1) is 23.1 Å². The summed E-state index contributed by atoms with van der Waals surface area (Å²) in [6.07, 6.45) is 2.68. The molecule has 0 radical (unpaired) electrons. The minimum Gasteiger partial charge on any atom is -0.497 e. The Morgan fingerprint density at radius 2 is 2.03 bits per heavy atom. The van der Waals surface area contributed by atoms with Crippen LogP contribution in [0.1, 0.15) is 50.1 Å². The number of aromatic amines is 1. The molecular weight excluding hydrogens is 494 g/mol. The molecule has 0 aliphatic heterocycles. The van der Waals surface area contributed by atoms with Crippen LogP contribution in [0.5, 0.6) is 5.75 Å². The predicted molar refractivity (Wildman–Crippen MR) is 140 cm³/mol. The van der Waals surface area contributed by atoms with E-state index in [4.69, 9.17) is 4.74 Å². The summed E-state index contributed by atoms with van der Waals surface area (Å²) in [4.78, 5) is 18.1. The predicted octanol–water partition coefficient (Wildman–Crippen LogP) is 5.01. The van der Waals surface area contributed by atoms with Gasteiger partial charge >= 0.3 is 0 Å². The number of amides is 1. The molecule has 1 atom stereocenters. The number of oxime groups is 1. The number of carbonyl (C=O) groups is 1. The summed E-state index contributed by atoms with van der Waals surface area (Å²) in [6.45, 7) is 0.251. The van der Waals surface area contributed by atoms with E-state index in [1.54, 1.807) is 18.9 Å². The van der Waals surface area contributed by atoms with Crippen molar-refractivity contribution in [1.29, 1.82) is 0 Å². The lowest BCUT2D eigenvalue weighted by Crippen LogP contribution is -2.26. The third-order valence-electron chi connectivity index (χ3n) is 6.16. The fourth-order valence-corrected chi connectivity index (χ4v) is 6.89. The average molecular weight is 520 g/mol. The molecule has 1 unspecified atom stereocenters. The first kappa shape index (κ1) is 24.1. The van der Waals surface area contributed by atoms with Crippen molar-refractivity contribution in [3.63, 3.8) is 0 Å². The van der Waals surface area contributed by atoms with Crippen LogP contribution in [0, 0.1) is 0 Å². The number of aromatic nitrogens is 3. The molecule has 5 rings (SSSR count). The molecule has 1 aliphatic carbocycles. The molecule has 2 heterocycles. The van der Waals surface area contributed by atoms with Crippen molar-refractivity contribution in [2.45, 2.75) is 35.3 Å². The number of rotatable bonds is 8. The topological polar surface area (TPSA) is 112 Å². The van der Waals surface area contributed by atoms with E-state index in [-0.39, 0.29) is 18.4 Å². The molecular formula is C26H25N5O3S2. The lowest BCUT2D eigenvalue weighted by molar-refractivity contribution is 0.0953. The van der Waals surface area contributed by atoms with E-state index in [1.807, 2.05) is 42.5 Å². The molecule has 3 N–H and O–H groups in total. The molecule has 10 heteroatoms. The first-order valence-corrected chi connectivity index (χ1v) is 13.3. The first-order valence-electron chi connectivity index (χ1n) is 11.5. The molecule has 36 heavy (non-hydrogen) atoms. The van der Waals surface area contributed by atoms with Gasteiger partial charge in [-0.1, -0.05) is 47.6 Å². The minimum atomic E-state index is -0.174. The maximum absolute atomic E-state index is 13.3. The largest absolute Gasteiger partial charge is 0.497 e. The fraction of sp³-hybridized carbons (Fsp3) is 0.231. The number of hydrogen-bond acceptors (Lipinski definition) is 8. The Kier molecular flexibility index (Phi) is 7.33. The summed E-state index contributed by atoms with van der Waals surface area (Å²) in [6, 6.07) is 18.1. The Labute approximate surface area is 216 Å². The number of carbonyl (C=O) groups excluding carboxylic acids is 1. The molecule has 1 amide bonds. The number of H-pyrrole nitrogens is 1. The Morgan fingerprint density at radius 3 is 2.72 bits per heavy atom. The zero-order valence-electron chi connectivity index (χ0n) is 19.6. The van der Waals surface area contributed by atoms with E-state index >= 15 is 0 Å². The molecule has 2 aromatic carbocycles. The molecule has 1 aliphatic rings. The quantitative estimate of drug-likeness (QED) is 0.171. The second-order valence-electron chi connectivity index (χ2n) is 8.39. The smallest absolute Gasteiger partial charge is 0.262 e. The highest BCUT2D eigenvalue weighted by Crippen LogP contribution is 2.45. The van der Waals surface area contributed by atoms with Crippen molar-refractivity contribution in [3.8, 4) is 5.75 Å². The van der Waals surface area contributed by atoms with Gasteiger partial charge in [0.2, 0.25) is 0 Å². The van der Waals surface area contributed by atoms with Crippen LogP contribution in [0.3, 0.4) is 0 Å². The lowest BCUT2D eigenvalue weighted by Gasteiger charge is -2.25. The maximum Gasteiger partial charge on any atom is 0.262 e. The monoisotopic (exact) mass is 519 g/mol. The number of hydrogen-bond donors (Lipinski definition) is 3. The van der Waals surface area contributed by atoms with Crippen molar-refractivity contribution in [3.05, 3.63) is 93.9 Å². The van der Waals surface area contributed by atoms with Gasteiger partial charge in [0.05, 0.1) is 28.5 Å². The van der Waals surface area contributed by atoms with Gasteiger partial charge in [-0.2, -0.15) is 5.10 Å². The molecule has 0 fully saturated rings. The van der Waals surface area contributed by atoms with Gasteiger partial charge in [0, 0.05) is 17.7 Å². The van der Waals surface area contributed by atoms with E-state index in [1.165, 1.54) is 23.2 Å². The summed E-state index contributed by atoms with van der Waals surface area (Å²) in [5.41, 5.74) is 4.72. The van der Waals surface area contributed by atoms with Crippen molar-refractivity contribution in [2.75, 3.05) is 7.11 Å². The lowest BCUT2D eigenvalue weighted by atomic mass is 9.80. The number of ether oxygens (including phenoxy) is 1. The van der Waals surface area contributed by atoms with Crippen LogP contribution >= 0.6 is 23.1 Å². The Balaban J connectivity index is 1.48. The third-order valence-corrected chi connectivity index (χ3v) is 8.73. The second-order valence-corrected chi connectivity index (χ2v) is 10.7. The molecule has 0 spiro atoms.